The van der Waals surface area contributed by atoms with E-state index in [2.05, 4.69) is 0 Å². The smallest absolute Gasteiger partial charge is 0.315 e. The van der Waals surface area contributed by atoms with E-state index in [9.17, 15) is 9.59 Å². The van der Waals surface area contributed by atoms with E-state index in [0.717, 1.165) is 28.7 Å². The molecular formula is C26H30O7. The van der Waals surface area contributed by atoms with Crippen molar-refractivity contribution in [2.24, 2.45) is 5.41 Å². The van der Waals surface area contributed by atoms with E-state index in [0.29, 0.717) is 43.3 Å². The number of Topliss-reactive ketones (excluding diaryl/α,β-unsaturated/α-hetero) is 1. The first-order valence-electron chi connectivity index (χ1n) is 11.2. The highest BCUT2D eigenvalue weighted by atomic mass is 16.6. The standard InChI is InChI=1S/C26H30O7/c1-26(2,25(28)33-18-11-12-31-14-18)15-32-23-20(8-10-22(29-3)24(23)30-4)17-5-7-19-16(13-17)6-9-21(19)27/h5,7-8,10,13,18H,6,9,11-12,14-15H2,1-4H3/t18-/m1/s1. The van der Waals surface area contributed by atoms with Crippen LogP contribution in [0.15, 0.2) is 30.3 Å². The second-order valence-corrected chi connectivity index (χ2v) is 9.04. The number of ether oxygens (including phenoxy) is 5. The van der Waals surface area contributed by atoms with Crippen LogP contribution < -0.4 is 14.2 Å². The molecule has 7 nitrogen and oxygen atoms in total. The number of ketones is 1. The summed E-state index contributed by atoms with van der Waals surface area (Å²) in [6.07, 6.45) is 1.76. The second-order valence-electron chi connectivity index (χ2n) is 9.04. The number of esters is 1. The zero-order valence-corrected chi connectivity index (χ0v) is 19.6. The van der Waals surface area contributed by atoms with Crippen molar-refractivity contribution in [2.45, 2.75) is 39.2 Å². The molecule has 0 amide bonds. The molecule has 1 aliphatic heterocycles. The van der Waals surface area contributed by atoms with Crippen LogP contribution >= 0.6 is 0 Å². The first-order chi connectivity index (χ1) is 15.8. The van der Waals surface area contributed by atoms with Gasteiger partial charge in [-0.3, -0.25) is 9.59 Å². The van der Waals surface area contributed by atoms with Crippen LogP contribution in [0.3, 0.4) is 0 Å². The minimum atomic E-state index is -0.891. The molecule has 2 aliphatic rings. The summed E-state index contributed by atoms with van der Waals surface area (Å²) in [7, 11) is 3.11. The SMILES string of the molecule is COc1ccc(-c2ccc3c(c2)CCC3=O)c(OCC(C)(C)C(=O)O[C@@H]2CCOC2)c1OC. The Bertz CT molecular complexity index is 1050. The van der Waals surface area contributed by atoms with Gasteiger partial charge < -0.3 is 23.7 Å². The summed E-state index contributed by atoms with van der Waals surface area (Å²) in [4.78, 5) is 24.8. The Balaban J connectivity index is 1.63. The highest BCUT2D eigenvalue weighted by Gasteiger charge is 2.34. The van der Waals surface area contributed by atoms with E-state index in [4.69, 9.17) is 23.7 Å². The summed E-state index contributed by atoms with van der Waals surface area (Å²) in [6, 6.07) is 9.52. The molecule has 0 aromatic heterocycles. The molecule has 0 spiro atoms. The van der Waals surface area contributed by atoms with Gasteiger partial charge in [0.25, 0.3) is 0 Å². The number of hydrogen-bond acceptors (Lipinski definition) is 7. The predicted octanol–water partition coefficient (Wildman–Crippen LogP) is 4.24. The molecule has 4 rings (SSSR count). The van der Waals surface area contributed by atoms with E-state index in [-0.39, 0.29) is 24.5 Å². The van der Waals surface area contributed by atoms with Crippen LogP contribution in [0, 0.1) is 5.41 Å². The largest absolute Gasteiger partial charge is 0.493 e. The highest BCUT2D eigenvalue weighted by Crippen LogP contribution is 2.45. The van der Waals surface area contributed by atoms with Crippen molar-refractivity contribution < 1.29 is 33.3 Å². The van der Waals surface area contributed by atoms with Crippen molar-refractivity contribution in [1.29, 1.82) is 0 Å². The molecule has 0 unspecified atom stereocenters. The average molecular weight is 455 g/mol. The summed E-state index contributed by atoms with van der Waals surface area (Å²) >= 11 is 0. The number of carbonyl (C=O) groups excluding carboxylic acids is 2. The van der Waals surface area contributed by atoms with Crippen LogP contribution in [0.2, 0.25) is 0 Å². The van der Waals surface area contributed by atoms with Crippen LogP contribution in [-0.4, -0.2) is 51.9 Å². The van der Waals surface area contributed by atoms with E-state index in [1.165, 1.54) is 0 Å². The van der Waals surface area contributed by atoms with Gasteiger partial charge in [0, 0.05) is 24.0 Å². The van der Waals surface area contributed by atoms with Gasteiger partial charge in [0.15, 0.2) is 17.3 Å². The molecule has 2 aromatic carbocycles. The quantitative estimate of drug-likeness (QED) is 0.552. The lowest BCUT2D eigenvalue weighted by atomic mass is 9.94. The molecule has 1 atom stereocenters. The van der Waals surface area contributed by atoms with Crippen LogP contribution in [-0.2, 0) is 20.7 Å². The fourth-order valence-electron chi connectivity index (χ4n) is 4.12. The molecule has 0 saturated carbocycles. The maximum absolute atomic E-state index is 12.8. The molecule has 176 valence electrons. The van der Waals surface area contributed by atoms with Crippen LogP contribution in [0.4, 0.5) is 0 Å². The van der Waals surface area contributed by atoms with E-state index >= 15 is 0 Å². The monoisotopic (exact) mass is 454 g/mol. The van der Waals surface area contributed by atoms with Gasteiger partial charge in [-0.2, -0.15) is 0 Å². The summed E-state index contributed by atoms with van der Waals surface area (Å²) in [5.41, 5.74) is 2.62. The highest BCUT2D eigenvalue weighted by molar-refractivity contribution is 6.01. The minimum absolute atomic E-state index is 0.0827. The van der Waals surface area contributed by atoms with Gasteiger partial charge in [-0.1, -0.05) is 18.2 Å². The number of methoxy groups -OCH3 is 2. The molecule has 1 saturated heterocycles. The first kappa shape index (κ1) is 23.1. The molecule has 2 aromatic rings. The van der Waals surface area contributed by atoms with E-state index in [1.807, 2.05) is 30.3 Å². The lowest BCUT2D eigenvalue weighted by molar-refractivity contribution is -0.161. The summed E-state index contributed by atoms with van der Waals surface area (Å²) in [6.45, 7) is 4.69. The zero-order chi connectivity index (χ0) is 23.6. The molecule has 1 fully saturated rings. The molecule has 7 heteroatoms. The number of hydrogen-bond donors (Lipinski definition) is 0. The lowest BCUT2D eigenvalue weighted by Gasteiger charge is -2.26. The first-order valence-corrected chi connectivity index (χ1v) is 11.2. The number of benzene rings is 2. The summed E-state index contributed by atoms with van der Waals surface area (Å²) in [5.74, 6) is 1.29. The predicted molar refractivity (Wildman–Crippen MR) is 122 cm³/mol. The van der Waals surface area contributed by atoms with Crippen molar-refractivity contribution in [3.8, 4) is 28.4 Å². The third-order valence-corrected chi connectivity index (χ3v) is 6.13. The Labute approximate surface area is 193 Å². The maximum atomic E-state index is 12.8. The number of aryl methyl sites for hydroxylation is 1. The fourth-order valence-corrected chi connectivity index (χ4v) is 4.12. The fraction of sp³-hybridized carbons (Fsp3) is 0.462. The van der Waals surface area contributed by atoms with Gasteiger partial charge in [-0.15, -0.1) is 0 Å². The van der Waals surface area contributed by atoms with Gasteiger partial charge >= 0.3 is 5.97 Å². The Morgan fingerprint density at radius 3 is 2.55 bits per heavy atom. The Morgan fingerprint density at radius 2 is 1.85 bits per heavy atom. The van der Waals surface area contributed by atoms with Gasteiger partial charge in [0.1, 0.15) is 12.7 Å². The average Bonchev–Trinajstić information content (AvgIpc) is 3.46. The molecule has 1 aliphatic carbocycles. The van der Waals surface area contributed by atoms with Crippen LogP contribution in [0.25, 0.3) is 11.1 Å². The summed E-state index contributed by atoms with van der Waals surface area (Å²) < 4.78 is 28.3. The molecule has 33 heavy (non-hydrogen) atoms. The summed E-state index contributed by atoms with van der Waals surface area (Å²) in [5, 5.41) is 0. The third kappa shape index (κ3) is 4.69. The maximum Gasteiger partial charge on any atom is 0.315 e. The van der Waals surface area contributed by atoms with Gasteiger partial charge in [-0.05, 0) is 43.5 Å². The van der Waals surface area contributed by atoms with Crippen molar-refractivity contribution in [3.05, 3.63) is 41.5 Å². The van der Waals surface area contributed by atoms with Crippen molar-refractivity contribution in [2.75, 3.05) is 34.0 Å². The number of fused-ring (bicyclic) bond motifs is 1. The van der Waals surface area contributed by atoms with Gasteiger partial charge in [0.05, 0.1) is 32.8 Å². The Hall–Kier alpha value is -3.06. The molecule has 0 bridgehead atoms. The minimum Gasteiger partial charge on any atom is -0.493 e. The number of rotatable bonds is 8. The molecular weight excluding hydrogens is 424 g/mol. The van der Waals surface area contributed by atoms with Gasteiger partial charge in [-0.25, -0.2) is 0 Å². The van der Waals surface area contributed by atoms with Crippen LogP contribution in [0.1, 0.15) is 42.6 Å². The topological polar surface area (TPSA) is 80.3 Å². The lowest BCUT2D eigenvalue weighted by Crippen LogP contribution is -2.35. The second kappa shape index (κ2) is 9.43. The van der Waals surface area contributed by atoms with Gasteiger partial charge in [0.2, 0.25) is 5.75 Å². The van der Waals surface area contributed by atoms with Crippen LogP contribution in [0.5, 0.6) is 17.2 Å². The van der Waals surface area contributed by atoms with E-state index < -0.39 is 5.41 Å². The van der Waals surface area contributed by atoms with Crippen molar-refractivity contribution >= 4 is 11.8 Å². The normalized spacial score (nSPS) is 17.6. The van der Waals surface area contributed by atoms with Crippen molar-refractivity contribution in [1.82, 2.24) is 0 Å². The third-order valence-electron chi connectivity index (χ3n) is 6.13. The Morgan fingerprint density at radius 1 is 1.06 bits per heavy atom. The van der Waals surface area contributed by atoms with E-state index in [1.54, 1.807) is 28.1 Å². The zero-order valence-electron chi connectivity index (χ0n) is 19.6. The molecule has 0 N–H and O–H groups in total. The molecule has 0 radical (unpaired) electrons. The Kier molecular flexibility index (Phi) is 6.61. The molecule has 1 heterocycles. The van der Waals surface area contributed by atoms with Crippen molar-refractivity contribution in [3.63, 3.8) is 0 Å². The number of carbonyl (C=O) groups is 2.